The fraction of sp³-hybridized carbons (Fsp3) is 0.406. The van der Waals surface area contributed by atoms with Crippen LogP contribution in [0.5, 0.6) is 11.5 Å². The second-order valence-electron chi connectivity index (χ2n) is 11.2. The maximum absolute atomic E-state index is 13.7. The number of benzene rings is 2. The summed E-state index contributed by atoms with van der Waals surface area (Å²) in [4.78, 5) is 33.6. The number of methoxy groups -OCH3 is 2. The second-order valence-corrected chi connectivity index (χ2v) is 11.2. The number of carbonyl (C=O) groups excluding carboxylic acids is 1. The lowest BCUT2D eigenvalue weighted by Crippen LogP contribution is -2.59. The molecule has 0 saturated carbocycles. The quantitative estimate of drug-likeness (QED) is 0.351. The number of hydrogen-bond donors (Lipinski definition) is 2. The molecule has 0 aliphatic carbocycles. The minimum Gasteiger partial charge on any atom is -0.493 e. The van der Waals surface area contributed by atoms with Gasteiger partial charge in [0.15, 0.2) is 22.7 Å². The highest BCUT2D eigenvalue weighted by Crippen LogP contribution is 2.36. The number of piperidine rings is 2. The van der Waals surface area contributed by atoms with E-state index in [4.69, 9.17) is 9.47 Å². The van der Waals surface area contributed by atoms with Crippen molar-refractivity contribution in [1.29, 1.82) is 0 Å². The number of rotatable bonds is 7. The highest BCUT2D eigenvalue weighted by molar-refractivity contribution is 5.86. The van der Waals surface area contributed by atoms with E-state index in [0.29, 0.717) is 61.7 Å². The maximum Gasteiger partial charge on any atom is 0.262 e. The van der Waals surface area contributed by atoms with Gasteiger partial charge in [-0.2, -0.15) is 0 Å². The van der Waals surface area contributed by atoms with E-state index >= 15 is 0 Å². The van der Waals surface area contributed by atoms with Gasteiger partial charge in [-0.3, -0.25) is 14.2 Å². The predicted molar refractivity (Wildman–Crippen MR) is 159 cm³/mol. The van der Waals surface area contributed by atoms with Gasteiger partial charge in [0.1, 0.15) is 0 Å². The molecule has 1 amide bonds. The molecule has 0 spiro atoms. The highest BCUT2D eigenvalue weighted by Gasteiger charge is 2.48. The molecule has 2 fully saturated rings. The zero-order valence-corrected chi connectivity index (χ0v) is 24.0. The molecule has 2 saturated heterocycles. The van der Waals surface area contributed by atoms with E-state index < -0.39 is 5.60 Å². The first-order valence-corrected chi connectivity index (χ1v) is 14.5. The molecule has 220 valence electrons. The second kappa shape index (κ2) is 11.6. The number of carbonyl (C=O) groups is 1. The zero-order valence-electron chi connectivity index (χ0n) is 24.0. The fourth-order valence-corrected chi connectivity index (χ4v) is 6.44. The summed E-state index contributed by atoms with van der Waals surface area (Å²) < 4.78 is 14.3. The van der Waals surface area contributed by atoms with Gasteiger partial charge >= 0.3 is 0 Å². The van der Waals surface area contributed by atoms with Crippen LogP contribution in [-0.4, -0.2) is 76.0 Å². The number of nitrogens with zero attached hydrogens (tertiary/aromatic N) is 4. The van der Waals surface area contributed by atoms with Crippen molar-refractivity contribution in [2.45, 2.75) is 37.3 Å². The van der Waals surface area contributed by atoms with Gasteiger partial charge in [0.05, 0.1) is 31.6 Å². The number of nitrogens with one attached hydrogen (secondary N) is 1. The van der Waals surface area contributed by atoms with Crippen LogP contribution < -0.4 is 20.3 Å². The molecule has 6 rings (SSSR count). The van der Waals surface area contributed by atoms with E-state index in [1.807, 2.05) is 64.2 Å². The van der Waals surface area contributed by atoms with E-state index in [2.05, 4.69) is 10.3 Å². The summed E-state index contributed by atoms with van der Waals surface area (Å²) in [7, 11) is 3.18. The number of likely N-dealkylation sites (tertiary alicyclic amines) is 1. The van der Waals surface area contributed by atoms with E-state index in [9.17, 15) is 14.7 Å². The molecule has 0 radical (unpaired) electrons. The summed E-state index contributed by atoms with van der Waals surface area (Å²) in [5.41, 5.74) is 0.846. The van der Waals surface area contributed by atoms with Crippen LogP contribution in [0, 0.1) is 5.92 Å². The Labute approximate surface area is 244 Å². The zero-order chi connectivity index (χ0) is 29.3. The third kappa shape index (κ3) is 5.05. The predicted octanol–water partition coefficient (Wildman–Crippen LogP) is 2.95. The van der Waals surface area contributed by atoms with Crippen LogP contribution in [0.2, 0.25) is 0 Å². The largest absolute Gasteiger partial charge is 0.493 e. The highest BCUT2D eigenvalue weighted by atomic mass is 16.5. The number of aromatic nitrogens is 3. The molecule has 42 heavy (non-hydrogen) atoms. The molecule has 10 heteroatoms. The molecular formula is C32H37N5O5. The van der Waals surface area contributed by atoms with Gasteiger partial charge in [-0.25, -0.2) is 4.98 Å². The Morgan fingerprint density at radius 3 is 2.57 bits per heavy atom. The number of hydrogen-bond acceptors (Lipinski definition) is 7. The van der Waals surface area contributed by atoms with Crippen LogP contribution in [0.3, 0.4) is 0 Å². The van der Waals surface area contributed by atoms with E-state index in [0.717, 1.165) is 24.1 Å². The Morgan fingerprint density at radius 2 is 1.83 bits per heavy atom. The summed E-state index contributed by atoms with van der Waals surface area (Å²) in [5.74, 6) is 0.972. The normalized spacial score (nSPS) is 21.4. The molecule has 0 bridgehead atoms. The molecule has 0 unspecified atom stereocenters. The van der Waals surface area contributed by atoms with Crippen molar-refractivity contribution in [3.63, 3.8) is 0 Å². The molecular weight excluding hydrogens is 534 g/mol. The first kappa shape index (κ1) is 28.0. The Bertz CT molecular complexity index is 1630. The molecule has 2 aromatic heterocycles. The maximum atomic E-state index is 13.7. The van der Waals surface area contributed by atoms with E-state index in [1.165, 1.54) is 0 Å². The standard InChI is InChI=1S/C32H37N5O5/c1-41-27-9-8-24(18-28(27)42-2)37-17-12-25-29(37)34-21-36(30(25)38)20-22-10-15-35(16-11-22)31(39)32(40)13-14-33-19-26(32)23-6-4-3-5-7-23/h3-9,12,17-18,21-22,26,33,40H,10-11,13-16,19-20H2,1-2H3/t26-,32+/m0/s1. The number of aliphatic hydroxyl groups is 1. The average Bonchev–Trinajstić information content (AvgIpc) is 3.47. The monoisotopic (exact) mass is 571 g/mol. The molecule has 2 atom stereocenters. The SMILES string of the molecule is COc1ccc(-n2ccc3c(=O)n(CC4CCN(C(=O)[C@@]5(O)CCNC[C@H]5c5ccccc5)CC4)cnc32)cc1OC. The molecule has 10 nitrogen and oxygen atoms in total. The summed E-state index contributed by atoms with van der Waals surface area (Å²) in [6, 6.07) is 17.1. The van der Waals surface area contributed by atoms with Crippen molar-refractivity contribution in [2.75, 3.05) is 40.4 Å². The topological polar surface area (TPSA) is 111 Å². The molecule has 2 N–H and O–H groups in total. The van der Waals surface area contributed by atoms with Gasteiger partial charge in [0.2, 0.25) is 0 Å². The summed E-state index contributed by atoms with van der Waals surface area (Å²) in [5, 5.41) is 15.6. The van der Waals surface area contributed by atoms with Gasteiger partial charge in [-0.15, -0.1) is 0 Å². The summed E-state index contributed by atoms with van der Waals surface area (Å²) in [6.45, 7) is 2.82. The minimum atomic E-state index is -1.42. The molecule has 2 aliphatic rings. The number of fused-ring (bicyclic) bond motifs is 1. The van der Waals surface area contributed by atoms with Crippen molar-refractivity contribution >= 4 is 16.9 Å². The van der Waals surface area contributed by atoms with Crippen molar-refractivity contribution in [1.82, 2.24) is 24.3 Å². The smallest absolute Gasteiger partial charge is 0.262 e. The van der Waals surface area contributed by atoms with Crippen LogP contribution in [0.15, 0.2) is 71.9 Å². The van der Waals surface area contributed by atoms with Crippen molar-refractivity contribution in [3.05, 3.63) is 83.0 Å². The van der Waals surface area contributed by atoms with Crippen molar-refractivity contribution in [2.24, 2.45) is 5.92 Å². The van der Waals surface area contributed by atoms with Crippen LogP contribution in [0.25, 0.3) is 16.7 Å². The Kier molecular flexibility index (Phi) is 7.74. The van der Waals surface area contributed by atoms with Gasteiger partial charge in [-0.05, 0) is 55.5 Å². The number of amides is 1. The van der Waals surface area contributed by atoms with Gasteiger partial charge in [0, 0.05) is 44.4 Å². The Morgan fingerprint density at radius 1 is 1.07 bits per heavy atom. The van der Waals surface area contributed by atoms with E-state index in [-0.39, 0.29) is 23.3 Å². The van der Waals surface area contributed by atoms with Gasteiger partial charge in [0.25, 0.3) is 11.5 Å². The minimum absolute atomic E-state index is 0.0903. The van der Waals surface area contributed by atoms with Crippen LogP contribution in [0.1, 0.15) is 30.7 Å². The lowest BCUT2D eigenvalue weighted by Gasteiger charge is -2.43. The third-order valence-corrected chi connectivity index (χ3v) is 8.85. The summed E-state index contributed by atoms with van der Waals surface area (Å²) >= 11 is 0. The van der Waals surface area contributed by atoms with Gasteiger partial charge < -0.3 is 29.4 Å². The molecule has 2 aromatic carbocycles. The first-order chi connectivity index (χ1) is 20.4. The Hall–Kier alpha value is -4.15. The van der Waals surface area contributed by atoms with Crippen LogP contribution in [-0.2, 0) is 11.3 Å². The van der Waals surface area contributed by atoms with Crippen LogP contribution in [0.4, 0.5) is 0 Å². The molecule has 4 aromatic rings. The summed E-state index contributed by atoms with van der Waals surface area (Å²) in [6.07, 6.45) is 5.35. The van der Waals surface area contributed by atoms with Crippen molar-refractivity contribution in [3.8, 4) is 17.2 Å². The van der Waals surface area contributed by atoms with Crippen molar-refractivity contribution < 1.29 is 19.4 Å². The van der Waals surface area contributed by atoms with Gasteiger partial charge in [-0.1, -0.05) is 30.3 Å². The molecule has 2 aliphatic heterocycles. The average molecular weight is 572 g/mol. The lowest BCUT2D eigenvalue weighted by atomic mass is 9.76. The number of ether oxygens (including phenoxy) is 2. The van der Waals surface area contributed by atoms with Crippen LogP contribution >= 0.6 is 0 Å². The first-order valence-electron chi connectivity index (χ1n) is 14.5. The fourth-order valence-electron chi connectivity index (χ4n) is 6.44. The van der Waals surface area contributed by atoms with E-state index in [1.54, 1.807) is 31.2 Å². The lowest BCUT2D eigenvalue weighted by molar-refractivity contribution is -0.158. The third-order valence-electron chi connectivity index (χ3n) is 8.85. The Balaban J connectivity index is 1.14. The molecule has 4 heterocycles.